The van der Waals surface area contributed by atoms with E-state index in [-0.39, 0.29) is 12.5 Å². The minimum atomic E-state index is -0.0925. The largest absolute Gasteiger partial charge is 0.497 e. The normalized spacial score (nSPS) is 13.4. The zero-order chi connectivity index (χ0) is 15.2. The van der Waals surface area contributed by atoms with Crippen LogP contribution in [0.4, 0.5) is 5.69 Å². The van der Waals surface area contributed by atoms with Crippen LogP contribution in [0, 0.1) is 0 Å². The molecule has 0 radical (unpaired) electrons. The molecule has 0 unspecified atom stereocenters. The van der Waals surface area contributed by atoms with Crippen LogP contribution in [0.2, 0.25) is 0 Å². The van der Waals surface area contributed by atoms with Gasteiger partial charge >= 0.3 is 0 Å². The molecule has 0 spiro atoms. The van der Waals surface area contributed by atoms with E-state index in [4.69, 9.17) is 17.0 Å². The summed E-state index contributed by atoms with van der Waals surface area (Å²) in [5.41, 5.74) is 0.719. The first-order valence-electron chi connectivity index (χ1n) is 7.11. The lowest BCUT2D eigenvalue weighted by Gasteiger charge is -2.23. The van der Waals surface area contributed by atoms with E-state index in [1.54, 1.807) is 13.2 Å². The minimum Gasteiger partial charge on any atom is -0.497 e. The summed E-state index contributed by atoms with van der Waals surface area (Å²) in [5.74, 6) is 0.621. The van der Waals surface area contributed by atoms with Gasteiger partial charge in [0.25, 0.3) is 0 Å². The highest BCUT2D eigenvalue weighted by molar-refractivity contribution is 7.80. The molecule has 0 aromatic heterocycles. The molecular weight excluding hydrogens is 286 g/mol. The molecule has 0 heterocycles. The van der Waals surface area contributed by atoms with E-state index in [2.05, 4.69) is 10.6 Å². The molecule has 1 aliphatic carbocycles. The van der Waals surface area contributed by atoms with E-state index in [9.17, 15) is 4.79 Å². The van der Waals surface area contributed by atoms with E-state index in [1.807, 2.05) is 30.0 Å². The molecule has 0 atom stereocenters. The van der Waals surface area contributed by atoms with Crippen LogP contribution >= 0.6 is 12.2 Å². The van der Waals surface area contributed by atoms with Crippen molar-refractivity contribution in [2.75, 3.05) is 25.5 Å². The SMILES string of the molecule is CCN(CC(=O)Nc1cccc(OC)c1)C(=S)NC1CC1. The van der Waals surface area contributed by atoms with Crippen molar-refractivity contribution in [3.05, 3.63) is 24.3 Å². The highest BCUT2D eigenvalue weighted by atomic mass is 32.1. The third kappa shape index (κ3) is 4.90. The number of rotatable bonds is 6. The average Bonchev–Trinajstić information content (AvgIpc) is 3.28. The van der Waals surface area contributed by atoms with Crippen molar-refractivity contribution >= 4 is 28.9 Å². The summed E-state index contributed by atoms with van der Waals surface area (Å²) < 4.78 is 5.14. The fraction of sp³-hybridized carbons (Fsp3) is 0.467. The fourth-order valence-electron chi connectivity index (χ4n) is 1.90. The van der Waals surface area contributed by atoms with Crippen LogP contribution in [-0.2, 0) is 4.79 Å². The maximum atomic E-state index is 12.1. The van der Waals surface area contributed by atoms with Gasteiger partial charge in [-0.25, -0.2) is 0 Å². The smallest absolute Gasteiger partial charge is 0.243 e. The Balaban J connectivity index is 1.87. The molecule has 2 N–H and O–H groups in total. The van der Waals surface area contributed by atoms with Gasteiger partial charge in [-0.3, -0.25) is 4.79 Å². The van der Waals surface area contributed by atoms with Crippen molar-refractivity contribution in [2.24, 2.45) is 0 Å². The second kappa shape index (κ2) is 7.26. The van der Waals surface area contributed by atoms with Crippen LogP contribution in [0.1, 0.15) is 19.8 Å². The van der Waals surface area contributed by atoms with E-state index < -0.39 is 0 Å². The molecule has 0 aliphatic heterocycles. The van der Waals surface area contributed by atoms with Crippen LogP contribution in [0.15, 0.2) is 24.3 Å². The average molecular weight is 307 g/mol. The molecule has 0 bridgehead atoms. The number of thiocarbonyl (C=S) groups is 1. The topological polar surface area (TPSA) is 53.6 Å². The number of ether oxygens (including phenoxy) is 1. The number of anilines is 1. The lowest BCUT2D eigenvalue weighted by molar-refractivity contribution is -0.116. The van der Waals surface area contributed by atoms with Crippen LogP contribution in [0.3, 0.4) is 0 Å². The number of carbonyl (C=O) groups is 1. The van der Waals surface area contributed by atoms with Gasteiger partial charge in [0.05, 0.1) is 13.7 Å². The molecule has 1 aliphatic rings. The molecule has 114 valence electrons. The highest BCUT2D eigenvalue weighted by Crippen LogP contribution is 2.19. The fourth-order valence-corrected chi connectivity index (χ4v) is 2.26. The number of carbonyl (C=O) groups excluding carboxylic acids is 1. The highest BCUT2D eigenvalue weighted by Gasteiger charge is 2.24. The maximum absolute atomic E-state index is 12.1. The second-order valence-electron chi connectivity index (χ2n) is 5.02. The first-order chi connectivity index (χ1) is 10.1. The Morgan fingerprint density at radius 1 is 1.48 bits per heavy atom. The van der Waals surface area contributed by atoms with E-state index in [1.165, 1.54) is 0 Å². The molecular formula is C15H21N3O2S. The van der Waals surface area contributed by atoms with Crippen molar-refractivity contribution in [2.45, 2.75) is 25.8 Å². The molecule has 2 rings (SSSR count). The summed E-state index contributed by atoms with van der Waals surface area (Å²) in [5, 5.41) is 6.76. The second-order valence-corrected chi connectivity index (χ2v) is 5.40. The number of amides is 1. The van der Waals surface area contributed by atoms with E-state index in [0.29, 0.717) is 23.4 Å². The van der Waals surface area contributed by atoms with Gasteiger partial charge in [0.1, 0.15) is 5.75 Å². The van der Waals surface area contributed by atoms with Gasteiger partial charge in [0.15, 0.2) is 5.11 Å². The van der Waals surface area contributed by atoms with Crippen molar-refractivity contribution in [3.63, 3.8) is 0 Å². The summed E-state index contributed by atoms with van der Waals surface area (Å²) in [4.78, 5) is 14.0. The van der Waals surface area contributed by atoms with Crippen molar-refractivity contribution in [1.82, 2.24) is 10.2 Å². The molecule has 1 saturated carbocycles. The number of likely N-dealkylation sites (N-methyl/N-ethyl adjacent to an activating group) is 1. The Morgan fingerprint density at radius 2 is 2.24 bits per heavy atom. The van der Waals surface area contributed by atoms with Crippen LogP contribution in [0.5, 0.6) is 5.75 Å². The van der Waals surface area contributed by atoms with Gasteiger partial charge in [-0.05, 0) is 44.1 Å². The number of nitrogens with one attached hydrogen (secondary N) is 2. The number of benzene rings is 1. The molecule has 5 nitrogen and oxygen atoms in total. The molecule has 0 saturated heterocycles. The van der Waals surface area contributed by atoms with Gasteiger partial charge < -0.3 is 20.3 Å². The van der Waals surface area contributed by atoms with Crippen molar-refractivity contribution in [1.29, 1.82) is 0 Å². The number of hydrogen-bond acceptors (Lipinski definition) is 3. The summed E-state index contributed by atoms with van der Waals surface area (Å²) in [6.07, 6.45) is 2.32. The Hall–Kier alpha value is -1.82. The van der Waals surface area contributed by atoms with Crippen LogP contribution in [0.25, 0.3) is 0 Å². The first kappa shape index (κ1) is 15.6. The molecule has 1 aromatic rings. The first-order valence-corrected chi connectivity index (χ1v) is 7.52. The molecule has 21 heavy (non-hydrogen) atoms. The Kier molecular flexibility index (Phi) is 5.38. The third-order valence-electron chi connectivity index (χ3n) is 3.26. The molecule has 1 aromatic carbocycles. The van der Waals surface area contributed by atoms with Crippen molar-refractivity contribution in [3.8, 4) is 5.75 Å². The minimum absolute atomic E-state index is 0.0925. The number of methoxy groups -OCH3 is 1. The van der Waals surface area contributed by atoms with E-state index >= 15 is 0 Å². The van der Waals surface area contributed by atoms with Crippen LogP contribution < -0.4 is 15.4 Å². The zero-order valence-electron chi connectivity index (χ0n) is 12.4. The predicted octanol–water partition coefficient (Wildman–Crippen LogP) is 1.99. The lowest BCUT2D eigenvalue weighted by atomic mass is 10.3. The summed E-state index contributed by atoms with van der Waals surface area (Å²) >= 11 is 5.33. The maximum Gasteiger partial charge on any atom is 0.243 e. The van der Waals surface area contributed by atoms with Gasteiger partial charge in [0, 0.05) is 24.3 Å². The summed E-state index contributed by atoms with van der Waals surface area (Å²) in [6.45, 7) is 2.93. The molecule has 1 fully saturated rings. The van der Waals surface area contributed by atoms with Gasteiger partial charge in [0.2, 0.25) is 5.91 Å². The Bertz CT molecular complexity index is 517. The summed E-state index contributed by atoms with van der Waals surface area (Å²) in [7, 11) is 1.60. The third-order valence-corrected chi connectivity index (χ3v) is 3.64. The summed E-state index contributed by atoms with van der Waals surface area (Å²) in [6, 6.07) is 7.79. The van der Waals surface area contributed by atoms with Crippen LogP contribution in [-0.4, -0.2) is 42.2 Å². The quantitative estimate of drug-likeness (QED) is 0.787. The van der Waals surface area contributed by atoms with Gasteiger partial charge in [-0.15, -0.1) is 0 Å². The zero-order valence-corrected chi connectivity index (χ0v) is 13.2. The van der Waals surface area contributed by atoms with Crippen molar-refractivity contribution < 1.29 is 9.53 Å². The lowest BCUT2D eigenvalue weighted by Crippen LogP contribution is -2.44. The monoisotopic (exact) mass is 307 g/mol. The van der Waals surface area contributed by atoms with E-state index in [0.717, 1.165) is 18.5 Å². The molecule has 6 heteroatoms. The molecule has 1 amide bonds. The van der Waals surface area contributed by atoms with Gasteiger partial charge in [-0.1, -0.05) is 6.07 Å². The van der Waals surface area contributed by atoms with Gasteiger partial charge in [-0.2, -0.15) is 0 Å². The predicted molar refractivity (Wildman–Crippen MR) is 87.6 cm³/mol. The Morgan fingerprint density at radius 3 is 2.86 bits per heavy atom. The Labute approximate surface area is 130 Å². The number of hydrogen-bond donors (Lipinski definition) is 2. The standard InChI is InChI=1S/C15H21N3O2S/c1-3-18(15(21)17-11-7-8-11)10-14(19)16-12-5-4-6-13(9-12)20-2/h4-6,9,11H,3,7-8,10H2,1-2H3,(H,16,19)(H,17,21). The number of nitrogens with zero attached hydrogens (tertiary/aromatic N) is 1.